The van der Waals surface area contributed by atoms with Gasteiger partial charge >= 0.3 is 0 Å². The van der Waals surface area contributed by atoms with Gasteiger partial charge in [-0.3, -0.25) is 4.79 Å². The molecule has 0 aromatic carbocycles. The molecule has 3 nitrogen and oxygen atoms in total. The minimum atomic E-state index is 0.0817. The van der Waals surface area contributed by atoms with Crippen molar-refractivity contribution in [2.24, 2.45) is 0 Å². The summed E-state index contributed by atoms with van der Waals surface area (Å²) in [5.41, 5.74) is 2.49. The molecule has 1 N–H and O–H groups in total. The quantitative estimate of drug-likeness (QED) is 0.848. The fraction of sp³-hybridized carbons (Fsp3) is 0.615. The van der Waals surface area contributed by atoms with Gasteiger partial charge in [0, 0.05) is 30.8 Å². The second-order valence-electron chi connectivity index (χ2n) is 5.22. The van der Waals surface area contributed by atoms with Gasteiger partial charge in [0.2, 0.25) is 0 Å². The van der Waals surface area contributed by atoms with Crippen LogP contribution < -0.4 is 10.9 Å². The van der Waals surface area contributed by atoms with Crippen molar-refractivity contribution in [3.05, 3.63) is 28.2 Å². The Kier molecular flexibility index (Phi) is 2.78. The largest absolute Gasteiger partial charge is 0.383 e. The van der Waals surface area contributed by atoms with Gasteiger partial charge in [0.05, 0.1) is 5.69 Å². The highest BCUT2D eigenvalue weighted by atomic mass is 16.1. The monoisotopic (exact) mass is 220 g/mol. The number of fused-ring (bicyclic) bond motifs is 1. The number of pyridine rings is 1. The molecule has 0 atom stereocenters. The average Bonchev–Trinajstić information content (AvgIpc) is 2.52. The average molecular weight is 220 g/mol. The summed E-state index contributed by atoms with van der Waals surface area (Å²) in [6, 6.07) is 1.80. The molecule has 0 saturated heterocycles. The molecule has 88 valence electrons. The zero-order chi connectivity index (χ0) is 11.8. The third kappa shape index (κ3) is 1.86. The molecule has 1 aromatic rings. The lowest BCUT2D eigenvalue weighted by molar-refractivity contribution is 0.579. The van der Waals surface area contributed by atoms with Crippen molar-refractivity contribution >= 4 is 5.69 Å². The van der Waals surface area contributed by atoms with E-state index in [0.29, 0.717) is 0 Å². The molecule has 0 unspecified atom stereocenters. The van der Waals surface area contributed by atoms with Crippen LogP contribution in [0.2, 0.25) is 0 Å². The van der Waals surface area contributed by atoms with Gasteiger partial charge in [0.15, 0.2) is 0 Å². The predicted octanol–water partition coefficient (Wildman–Crippen LogP) is 2.35. The van der Waals surface area contributed by atoms with Crippen LogP contribution in [-0.4, -0.2) is 11.1 Å². The van der Waals surface area contributed by atoms with Crippen molar-refractivity contribution in [1.29, 1.82) is 0 Å². The molecule has 3 heteroatoms. The van der Waals surface area contributed by atoms with Gasteiger partial charge < -0.3 is 9.88 Å². The number of anilines is 1. The van der Waals surface area contributed by atoms with E-state index in [1.54, 1.807) is 6.07 Å². The number of aryl methyl sites for hydroxylation is 1. The standard InChI is InChI=1S/C13H20N2O/c1-4-5-6-15-8-11-10(7-12(15)16)13(2,3)9-14-11/h7-8,14H,4-6,9H2,1-3H3. The molecule has 0 radical (unpaired) electrons. The van der Waals surface area contributed by atoms with Gasteiger partial charge in [-0.2, -0.15) is 0 Å². The molecule has 0 saturated carbocycles. The molecule has 1 aliphatic heterocycles. The van der Waals surface area contributed by atoms with Crippen LogP contribution in [0.5, 0.6) is 0 Å². The molecule has 2 heterocycles. The summed E-state index contributed by atoms with van der Waals surface area (Å²) >= 11 is 0. The van der Waals surface area contributed by atoms with Crippen molar-refractivity contribution in [3.8, 4) is 0 Å². The van der Waals surface area contributed by atoms with E-state index in [1.807, 2.05) is 10.8 Å². The maximum absolute atomic E-state index is 11.9. The van der Waals surface area contributed by atoms with Crippen molar-refractivity contribution in [2.45, 2.75) is 45.6 Å². The van der Waals surface area contributed by atoms with Crippen LogP contribution in [0.25, 0.3) is 0 Å². The summed E-state index contributed by atoms with van der Waals surface area (Å²) in [6.45, 7) is 8.22. The zero-order valence-electron chi connectivity index (χ0n) is 10.3. The topological polar surface area (TPSA) is 34.0 Å². The van der Waals surface area contributed by atoms with Crippen LogP contribution in [0.4, 0.5) is 5.69 Å². The first kappa shape index (κ1) is 11.2. The van der Waals surface area contributed by atoms with Crippen LogP contribution >= 0.6 is 0 Å². The van der Waals surface area contributed by atoms with Gasteiger partial charge in [-0.25, -0.2) is 0 Å². The van der Waals surface area contributed by atoms with E-state index in [9.17, 15) is 4.79 Å². The molecular formula is C13H20N2O. The first-order chi connectivity index (χ1) is 7.54. The Bertz CT molecular complexity index is 446. The summed E-state index contributed by atoms with van der Waals surface area (Å²) < 4.78 is 1.82. The van der Waals surface area contributed by atoms with Crippen LogP contribution in [0.1, 0.15) is 39.2 Å². The number of hydrogen-bond acceptors (Lipinski definition) is 2. The highest BCUT2D eigenvalue weighted by molar-refractivity contribution is 5.58. The summed E-state index contributed by atoms with van der Waals surface area (Å²) in [7, 11) is 0. The maximum atomic E-state index is 11.9. The molecule has 1 aromatic heterocycles. The molecule has 0 aliphatic carbocycles. The summed E-state index contributed by atoms with van der Waals surface area (Å²) in [6.07, 6.45) is 4.15. The Morgan fingerprint density at radius 3 is 2.94 bits per heavy atom. The van der Waals surface area contributed by atoms with E-state index >= 15 is 0 Å². The second-order valence-corrected chi connectivity index (χ2v) is 5.22. The molecule has 1 aliphatic rings. The van der Waals surface area contributed by atoms with Crippen LogP contribution in [0, 0.1) is 0 Å². The van der Waals surface area contributed by atoms with E-state index in [4.69, 9.17) is 0 Å². The minimum absolute atomic E-state index is 0.0817. The smallest absolute Gasteiger partial charge is 0.250 e. The van der Waals surface area contributed by atoms with Gasteiger partial charge in [0.1, 0.15) is 0 Å². The second kappa shape index (κ2) is 3.96. The van der Waals surface area contributed by atoms with Crippen molar-refractivity contribution in [2.75, 3.05) is 11.9 Å². The Morgan fingerprint density at radius 2 is 2.25 bits per heavy atom. The summed E-state index contributed by atoms with van der Waals surface area (Å²) in [5, 5.41) is 3.37. The van der Waals surface area contributed by atoms with Gasteiger partial charge in [-0.1, -0.05) is 27.2 Å². The number of unbranched alkanes of at least 4 members (excludes halogenated alkanes) is 1. The number of hydrogen-bond donors (Lipinski definition) is 1. The maximum Gasteiger partial charge on any atom is 0.250 e. The lowest BCUT2D eigenvalue weighted by atomic mass is 9.88. The van der Waals surface area contributed by atoms with E-state index < -0.39 is 0 Å². The van der Waals surface area contributed by atoms with Crippen LogP contribution in [0.3, 0.4) is 0 Å². The third-order valence-corrected chi connectivity index (χ3v) is 3.33. The van der Waals surface area contributed by atoms with Crippen molar-refractivity contribution < 1.29 is 0 Å². The Balaban J connectivity index is 2.37. The van der Waals surface area contributed by atoms with Crippen molar-refractivity contribution in [3.63, 3.8) is 0 Å². The van der Waals surface area contributed by atoms with Gasteiger partial charge in [0.25, 0.3) is 5.56 Å². The molecule has 0 bridgehead atoms. The van der Waals surface area contributed by atoms with Gasteiger partial charge in [-0.15, -0.1) is 0 Å². The Labute approximate surface area is 96.5 Å². The van der Waals surface area contributed by atoms with E-state index in [0.717, 1.165) is 37.2 Å². The normalized spacial score (nSPS) is 16.9. The molecule has 0 spiro atoms. The van der Waals surface area contributed by atoms with Crippen LogP contribution in [0.15, 0.2) is 17.1 Å². The molecule has 2 rings (SSSR count). The lowest BCUT2D eigenvalue weighted by Crippen LogP contribution is -2.23. The summed E-state index contributed by atoms with van der Waals surface area (Å²) in [4.78, 5) is 11.9. The Hall–Kier alpha value is -1.25. The third-order valence-electron chi connectivity index (χ3n) is 3.33. The highest BCUT2D eigenvalue weighted by Gasteiger charge is 2.30. The fourth-order valence-corrected chi connectivity index (χ4v) is 2.19. The van der Waals surface area contributed by atoms with Crippen LogP contribution in [-0.2, 0) is 12.0 Å². The SMILES string of the molecule is CCCCn1cc2c(cc1=O)C(C)(C)CN2. The lowest BCUT2D eigenvalue weighted by Gasteiger charge is -2.17. The first-order valence-corrected chi connectivity index (χ1v) is 6.03. The van der Waals surface area contributed by atoms with E-state index in [-0.39, 0.29) is 11.0 Å². The summed E-state index contributed by atoms with van der Waals surface area (Å²) in [5.74, 6) is 0. The Morgan fingerprint density at radius 1 is 1.50 bits per heavy atom. The molecule has 0 fully saturated rings. The van der Waals surface area contributed by atoms with E-state index in [1.165, 1.54) is 0 Å². The number of rotatable bonds is 3. The number of nitrogens with zero attached hydrogens (tertiary/aromatic N) is 1. The minimum Gasteiger partial charge on any atom is -0.383 e. The molecule has 16 heavy (non-hydrogen) atoms. The predicted molar refractivity (Wildman–Crippen MR) is 67.1 cm³/mol. The number of nitrogens with one attached hydrogen (secondary N) is 1. The molecule has 0 amide bonds. The van der Waals surface area contributed by atoms with Crippen molar-refractivity contribution in [1.82, 2.24) is 4.57 Å². The number of aromatic nitrogens is 1. The van der Waals surface area contributed by atoms with E-state index in [2.05, 4.69) is 26.1 Å². The molecular weight excluding hydrogens is 200 g/mol. The zero-order valence-corrected chi connectivity index (χ0v) is 10.3. The van der Waals surface area contributed by atoms with Gasteiger partial charge in [-0.05, 0) is 12.0 Å². The highest BCUT2D eigenvalue weighted by Crippen LogP contribution is 2.34. The first-order valence-electron chi connectivity index (χ1n) is 6.03. The fourth-order valence-electron chi connectivity index (χ4n) is 2.19.